The lowest BCUT2D eigenvalue weighted by Crippen LogP contribution is -2.27. The van der Waals surface area contributed by atoms with Crippen LogP contribution in [0.15, 0.2) is 71.8 Å². The smallest absolute Gasteiger partial charge is 0.276 e. The van der Waals surface area contributed by atoms with E-state index >= 15 is 0 Å². The molecule has 8 nitrogen and oxygen atoms in total. The summed E-state index contributed by atoms with van der Waals surface area (Å²) in [5, 5.41) is 16.2. The summed E-state index contributed by atoms with van der Waals surface area (Å²) >= 11 is 0. The standard InChI is InChI=1S/C27H20F2N6O2/c28-20-4-3-5-21(29)26(20)35-25(36)9-8-23(33-35)27(37)32-22-7-6-17(14-24(22)34-12-1-2-13-34)19-16-31-11-10-18(19)15-30/h3-11,14,16H,1-2,12-13H2,(H,32,37). The van der Waals surface area contributed by atoms with E-state index in [1.807, 2.05) is 6.07 Å². The number of hydrogen-bond donors (Lipinski definition) is 1. The van der Waals surface area contributed by atoms with Gasteiger partial charge >= 0.3 is 0 Å². The number of nitrogens with one attached hydrogen (secondary N) is 1. The summed E-state index contributed by atoms with van der Waals surface area (Å²) in [7, 11) is 0. The second-order valence-corrected chi connectivity index (χ2v) is 8.45. The predicted molar refractivity (Wildman–Crippen MR) is 134 cm³/mol. The maximum absolute atomic E-state index is 14.3. The van der Waals surface area contributed by atoms with Crippen molar-refractivity contribution in [2.45, 2.75) is 12.8 Å². The largest absolute Gasteiger partial charge is 0.370 e. The molecule has 0 atom stereocenters. The third-order valence-corrected chi connectivity index (χ3v) is 6.13. The minimum absolute atomic E-state index is 0.197. The number of benzene rings is 2. The lowest BCUT2D eigenvalue weighted by atomic mass is 10.0. The van der Waals surface area contributed by atoms with Gasteiger partial charge in [-0.3, -0.25) is 14.6 Å². The highest BCUT2D eigenvalue weighted by Gasteiger charge is 2.21. The molecule has 1 aliphatic rings. The number of amides is 1. The Bertz CT molecular complexity index is 1590. The van der Waals surface area contributed by atoms with Gasteiger partial charge in [-0.25, -0.2) is 8.78 Å². The molecule has 5 rings (SSSR count). The Balaban J connectivity index is 1.52. The van der Waals surface area contributed by atoms with Crippen LogP contribution in [0, 0.1) is 23.0 Å². The zero-order chi connectivity index (χ0) is 25.9. The Labute approximate surface area is 210 Å². The number of hydrogen-bond acceptors (Lipinski definition) is 6. The Morgan fingerprint density at radius 2 is 1.78 bits per heavy atom. The van der Waals surface area contributed by atoms with Crippen LogP contribution >= 0.6 is 0 Å². The van der Waals surface area contributed by atoms with Gasteiger partial charge in [0.2, 0.25) is 0 Å². The van der Waals surface area contributed by atoms with Gasteiger partial charge < -0.3 is 10.2 Å². The van der Waals surface area contributed by atoms with Crippen LogP contribution < -0.4 is 15.8 Å². The number of nitriles is 1. The Morgan fingerprint density at radius 3 is 2.51 bits per heavy atom. The fraction of sp³-hybridized carbons (Fsp3) is 0.148. The van der Waals surface area contributed by atoms with Crippen molar-refractivity contribution in [3.8, 4) is 22.9 Å². The van der Waals surface area contributed by atoms with Crippen molar-refractivity contribution in [1.29, 1.82) is 5.26 Å². The predicted octanol–water partition coefficient (Wildman–Crippen LogP) is 4.30. The molecule has 0 spiro atoms. The minimum atomic E-state index is -0.980. The highest BCUT2D eigenvalue weighted by molar-refractivity contribution is 6.05. The van der Waals surface area contributed by atoms with E-state index in [2.05, 4.69) is 26.4 Å². The quantitative estimate of drug-likeness (QED) is 0.440. The molecular formula is C27H20F2N6O2. The molecule has 0 bridgehead atoms. The minimum Gasteiger partial charge on any atom is -0.370 e. The molecule has 0 aliphatic carbocycles. The van der Waals surface area contributed by atoms with Crippen molar-refractivity contribution in [3.63, 3.8) is 0 Å². The molecule has 37 heavy (non-hydrogen) atoms. The van der Waals surface area contributed by atoms with Crippen molar-refractivity contribution in [1.82, 2.24) is 14.8 Å². The van der Waals surface area contributed by atoms with E-state index in [1.54, 1.807) is 30.6 Å². The molecule has 4 aromatic rings. The zero-order valence-electron chi connectivity index (χ0n) is 19.5. The van der Waals surface area contributed by atoms with Crippen LogP contribution in [0.5, 0.6) is 0 Å². The van der Waals surface area contributed by atoms with Gasteiger partial charge in [-0.1, -0.05) is 12.1 Å². The number of anilines is 2. The van der Waals surface area contributed by atoms with Crippen molar-refractivity contribution in [2.24, 2.45) is 0 Å². The number of aromatic nitrogens is 3. The van der Waals surface area contributed by atoms with E-state index in [1.165, 1.54) is 12.1 Å². The number of nitrogens with zero attached hydrogens (tertiary/aromatic N) is 5. The fourth-order valence-corrected chi connectivity index (χ4v) is 4.32. The molecule has 0 unspecified atom stereocenters. The number of pyridine rings is 1. The van der Waals surface area contributed by atoms with Crippen LogP contribution in [0.1, 0.15) is 28.9 Å². The van der Waals surface area contributed by atoms with Crippen LogP contribution in [0.3, 0.4) is 0 Å². The van der Waals surface area contributed by atoms with Crippen molar-refractivity contribution in [3.05, 3.63) is 100 Å². The van der Waals surface area contributed by atoms with Gasteiger partial charge in [0.15, 0.2) is 11.6 Å². The maximum Gasteiger partial charge on any atom is 0.276 e. The van der Waals surface area contributed by atoms with Gasteiger partial charge in [0.25, 0.3) is 11.5 Å². The third kappa shape index (κ3) is 4.67. The lowest BCUT2D eigenvalue weighted by Gasteiger charge is -2.23. The SMILES string of the molecule is N#Cc1ccncc1-c1ccc(NC(=O)c2ccc(=O)n(-c3c(F)cccc3F)n2)c(N2CCCC2)c1. The molecule has 1 fully saturated rings. The van der Waals surface area contributed by atoms with Gasteiger partial charge in [-0.15, -0.1) is 0 Å². The summed E-state index contributed by atoms with van der Waals surface area (Å²) in [5.41, 5.74) is 1.53. The highest BCUT2D eigenvalue weighted by Crippen LogP contribution is 2.35. The first-order valence-electron chi connectivity index (χ1n) is 11.6. The van der Waals surface area contributed by atoms with Crippen LogP contribution in [-0.2, 0) is 0 Å². The zero-order valence-corrected chi connectivity index (χ0v) is 19.5. The lowest BCUT2D eigenvalue weighted by molar-refractivity contribution is 0.102. The van der Waals surface area contributed by atoms with Crippen molar-refractivity contribution >= 4 is 17.3 Å². The summed E-state index contributed by atoms with van der Waals surface area (Å²) in [5.74, 6) is -2.62. The first-order valence-corrected chi connectivity index (χ1v) is 11.6. The summed E-state index contributed by atoms with van der Waals surface area (Å²) in [6, 6.07) is 14.6. The Kier molecular flexibility index (Phi) is 6.43. The average molecular weight is 498 g/mol. The molecule has 2 aromatic heterocycles. The van der Waals surface area contributed by atoms with Crippen LogP contribution in [0.4, 0.5) is 20.2 Å². The molecule has 0 saturated carbocycles. The van der Waals surface area contributed by atoms with Crippen LogP contribution in [-0.4, -0.2) is 33.8 Å². The van der Waals surface area contributed by atoms with Crippen LogP contribution in [0.25, 0.3) is 16.8 Å². The van der Waals surface area contributed by atoms with Gasteiger partial charge in [-0.2, -0.15) is 15.0 Å². The van der Waals surface area contributed by atoms with E-state index < -0.39 is 28.8 Å². The normalized spacial score (nSPS) is 12.8. The van der Waals surface area contributed by atoms with Gasteiger partial charge in [0, 0.05) is 37.1 Å². The molecule has 2 aromatic carbocycles. The average Bonchev–Trinajstić information content (AvgIpc) is 3.45. The Morgan fingerprint density at radius 1 is 1.03 bits per heavy atom. The van der Waals surface area contributed by atoms with Gasteiger partial charge in [0.05, 0.1) is 23.0 Å². The van der Waals surface area contributed by atoms with Crippen molar-refractivity contribution in [2.75, 3.05) is 23.3 Å². The molecule has 1 amide bonds. The van der Waals surface area contributed by atoms with E-state index in [0.29, 0.717) is 21.5 Å². The number of carbonyl (C=O) groups excluding carboxylic acids is 1. The summed E-state index contributed by atoms with van der Waals surface area (Å²) < 4.78 is 29.1. The topological polar surface area (TPSA) is 104 Å². The van der Waals surface area contributed by atoms with Gasteiger partial charge in [0.1, 0.15) is 11.4 Å². The first kappa shape index (κ1) is 23.8. The Hall–Kier alpha value is -4.91. The summed E-state index contributed by atoms with van der Waals surface area (Å²) in [4.78, 5) is 31.7. The monoisotopic (exact) mass is 498 g/mol. The second-order valence-electron chi connectivity index (χ2n) is 8.45. The second kappa shape index (κ2) is 9.99. The molecular weight excluding hydrogens is 478 g/mol. The van der Waals surface area contributed by atoms with E-state index in [0.717, 1.165) is 55.4 Å². The molecule has 10 heteroatoms. The maximum atomic E-state index is 14.3. The van der Waals surface area contributed by atoms with E-state index in [-0.39, 0.29) is 5.69 Å². The van der Waals surface area contributed by atoms with E-state index in [9.17, 15) is 23.6 Å². The molecule has 184 valence electrons. The molecule has 1 N–H and O–H groups in total. The third-order valence-electron chi connectivity index (χ3n) is 6.13. The molecule has 1 aliphatic heterocycles. The summed E-state index contributed by atoms with van der Waals surface area (Å²) in [6.45, 7) is 1.58. The first-order chi connectivity index (χ1) is 18.0. The van der Waals surface area contributed by atoms with Crippen LogP contribution in [0.2, 0.25) is 0 Å². The highest BCUT2D eigenvalue weighted by atomic mass is 19.1. The number of rotatable bonds is 5. The molecule has 1 saturated heterocycles. The van der Waals surface area contributed by atoms with Crippen molar-refractivity contribution < 1.29 is 13.6 Å². The van der Waals surface area contributed by atoms with E-state index in [4.69, 9.17) is 0 Å². The number of para-hydroxylation sites is 1. The van der Waals surface area contributed by atoms with Gasteiger partial charge in [-0.05, 0) is 54.8 Å². The number of carbonyl (C=O) groups is 1. The molecule has 0 radical (unpaired) electrons. The number of halogens is 2. The molecule has 3 heterocycles. The summed E-state index contributed by atoms with van der Waals surface area (Å²) in [6.07, 6.45) is 5.16. The fourth-order valence-electron chi connectivity index (χ4n) is 4.32.